The summed E-state index contributed by atoms with van der Waals surface area (Å²) < 4.78 is 35.5. The first kappa shape index (κ1) is 28.4. The molecule has 1 aliphatic heterocycles. The van der Waals surface area contributed by atoms with Crippen molar-refractivity contribution in [2.24, 2.45) is 0 Å². The van der Waals surface area contributed by atoms with Crippen LogP contribution >= 0.6 is 22.6 Å². The number of benzene rings is 1. The van der Waals surface area contributed by atoms with E-state index >= 15 is 0 Å². The molecular weight excluding hydrogens is 525 g/mol. The van der Waals surface area contributed by atoms with Crippen LogP contribution in [0.3, 0.4) is 0 Å². The standard InChI is InChI=1S/C17H31INO.C7H8O3S/c18-12-11-16-19(14-8-6-9-15-19)13-7-4-2-1-3-5-10-17-20;1-6-2-4-7(5-3-6)11(8,9)10/h20H,1-10,13-17H2;2-5H,1H3,(H,8,9,10)/q+1;/p-1. The third-order valence-electron chi connectivity index (χ3n) is 5.85. The number of hydrogen-bond donors (Lipinski definition) is 1. The summed E-state index contributed by atoms with van der Waals surface area (Å²) in [7, 11) is -4.27. The minimum absolute atomic E-state index is 0.178. The summed E-state index contributed by atoms with van der Waals surface area (Å²) in [6.45, 7) is 7.28. The van der Waals surface area contributed by atoms with E-state index in [1.807, 2.05) is 6.92 Å². The number of hydrogen-bond acceptors (Lipinski definition) is 4. The highest BCUT2D eigenvalue weighted by atomic mass is 127. The Hall–Kier alpha value is -0.660. The third kappa shape index (κ3) is 12.8. The zero-order valence-electron chi connectivity index (χ0n) is 18.8. The number of rotatable bonds is 11. The van der Waals surface area contributed by atoms with Gasteiger partial charge in [0.05, 0.1) is 24.5 Å². The van der Waals surface area contributed by atoms with Crippen LogP contribution in [0.15, 0.2) is 29.2 Å². The lowest BCUT2D eigenvalue weighted by Crippen LogP contribution is -2.52. The molecule has 1 saturated heterocycles. The Balaban J connectivity index is 0.000000367. The van der Waals surface area contributed by atoms with Crippen LogP contribution in [0.25, 0.3) is 0 Å². The number of aliphatic hydroxyl groups excluding tert-OH is 1. The normalized spacial score (nSPS) is 15.4. The summed E-state index contributed by atoms with van der Waals surface area (Å²) in [5, 5.41) is 8.74. The Labute approximate surface area is 203 Å². The maximum atomic E-state index is 10.4. The lowest BCUT2D eigenvalue weighted by atomic mass is 10.0. The van der Waals surface area contributed by atoms with Crippen molar-refractivity contribution in [1.29, 1.82) is 0 Å². The Morgan fingerprint density at radius 1 is 0.968 bits per heavy atom. The van der Waals surface area contributed by atoms with Crippen LogP contribution < -0.4 is 0 Å². The fourth-order valence-corrected chi connectivity index (χ4v) is 4.63. The Kier molecular flexibility index (Phi) is 14.7. The minimum atomic E-state index is -4.27. The zero-order chi connectivity index (χ0) is 23.0. The summed E-state index contributed by atoms with van der Waals surface area (Å²) >= 11 is 2.17. The van der Waals surface area contributed by atoms with E-state index in [0.717, 1.165) is 18.5 Å². The van der Waals surface area contributed by atoms with Gasteiger partial charge in [0, 0.05) is 29.2 Å². The fraction of sp³-hybridized carbons (Fsp3) is 0.667. The maximum Gasteiger partial charge on any atom is 0.141 e. The summed E-state index contributed by atoms with van der Waals surface area (Å²) in [5.41, 5.74) is 0.928. The van der Waals surface area contributed by atoms with Crippen LogP contribution in [0.2, 0.25) is 0 Å². The van der Waals surface area contributed by atoms with Gasteiger partial charge in [-0.15, -0.1) is 0 Å². The SMILES string of the molecule is Cc1ccc(S(=O)(=O)[O-])cc1.OCCCCCCCCC[N+]1(CC#CI)CCCCC1. The van der Waals surface area contributed by atoms with Crippen molar-refractivity contribution in [2.45, 2.75) is 76.0 Å². The van der Waals surface area contributed by atoms with Crippen molar-refractivity contribution in [3.63, 3.8) is 0 Å². The average Bonchev–Trinajstić information content (AvgIpc) is 2.75. The molecule has 1 heterocycles. The first-order valence-corrected chi connectivity index (χ1v) is 13.9. The predicted molar refractivity (Wildman–Crippen MR) is 134 cm³/mol. The van der Waals surface area contributed by atoms with E-state index in [-0.39, 0.29) is 4.90 Å². The van der Waals surface area contributed by atoms with Crippen molar-refractivity contribution in [1.82, 2.24) is 0 Å². The van der Waals surface area contributed by atoms with E-state index in [1.165, 1.54) is 94.0 Å². The molecule has 0 aromatic heterocycles. The van der Waals surface area contributed by atoms with Gasteiger partial charge >= 0.3 is 0 Å². The molecule has 1 aromatic rings. The molecule has 0 aliphatic carbocycles. The van der Waals surface area contributed by atoms with E-state index < -0.39 is 10.1 Å². The number of likely N-dealkylation sites (tertiary alicyclic amines) is 1. The molecule has 1 fully saturated rings. The summed E-state index contributed by atoms with van der Waals surface area (Å²) in [4.78, 5) is -0.178. The lowest BCUT2D eigenvalue weighted by Gasteiger charge is -2.40. The first-order valence-electron chi connectivity index (χ1n) is 11.4. The molecule has 1 aliphatic rings. The molecule has 5 nitrogen and oxygen atoms in total. The molecule has 0 unspecified atom stereocenters. The monoisotopic (exact) mass is 563 g/mol. The van der Waals surface area contributed by atoms with Crippen LogP contribution in [-0.4, -0.2) is 55.3 Å². The van der Waals surface area contributed by atoms with Gasteiger partial charge in [-0.1, -0.05) is 43.4 Å². The number of aliphatic hydroxyl groups is 1. The van der Waals surface area contributed by atoms with Gasteiger partial charge in [0.1, 0.15) is 16.7 Å². The molecule has 0 bridgehead atoms. The fourth-order valence-electron chi connectivity index (χ4n) is 3.99. The Bertz CT molecular complexity index is 763. The highest BCUT2D eigenvalue weighted by Gasteiger charge is 2.28. The average molecular weight is 564 g/mol. The number of aryl methyl sites for hydroxylation is 1. The number of nitrogens with zero attached hydrogens (tertiary/aromatic N) is 1. The summed E-state index contributed by atoms with van der Waals surface area (Å²) in [6.07, 6.45) is 13.1. The molecular formula is C24H38INO4S. The van der Waals surface area contributed by atoms with Crippen LogP contribution in [0.5, 0.6) is 0 Å². The van der Waals surface area contributed by atoms with Gasteiger partial charge in [0.25, 0.3) is 0 Å². The van der Waals surface area contributed by atoms with E-state index in [9.17, 15) is 13.0 Å². The second-order valence-corrected chi connectivity index (χ2v) is 10.4. The smallest absolute Gasteiger partial charge is 0.141 e. The maximum absolute atomic E-state index is 10.4. The van der Waals surface area contributed by atoms with Gasteiger partial charge in [-0.25, -0.2) is 8.42 Å². The van der Waals surface area contributed by atoms with Crippen LogP contribution in [0.4, 0.5) is 0 Å². The molecule has 2 rings (SSSR count). The molecule has 7 heteroatoms. The topological polar surface area (TPSA) is 77.4 Å². The second kappa shape index (κ2) is 16.0. The Morgan fingerprint density at radius 2 is 1.52 bits per heavy atom. The van der Waals surface area contributed by atoms with Gasteiger partial charge in [-0.2, -0.15) is 0 Å². The van der Waals surface area contributed by atoms with Crippen molar-refractivity contribution in [2.75, 3.05) is 32.8 Å². The molecule has 176 valence electrons. The van der Waals surface area contributed by atoms with Gasteiger partial charge in [0.2, 0.25) is 0 Å². The van der Waals surface area contributed by atoms with Crippen LogP contribution in [0.1, 0.15) is 69.8 Å². The third-order valence-corrected chi connectivity index (χ3v) is 7.08. The Morgan fingerprint density at radius 3 is 2.03 bits per heavy atom. The van der Waals surface area contributed by atoms with Gasteiger partial charge in [-0.3, -0.25) is 0 Å². The molecule has 0 atom stereocenters. The van der Waals surface area contributed by atoms with E-state index in [1.54, 1.807) is 12.1 Å². The molecule has 0 amide bonds. The van der Waals surface area contributed by atoms with E-state index in [2.05, 4.69) is 32.4 Å². The quantitative estimate of drug-likeness (QED) is 0.135. The molecule has 1 N–H and O–H groups in total. The highest BCUT2D eigenvalue weighted by Crippen LogP contribution is 2.20. The van der Waals surface area contributed by atoms with Crippen LogP contribution in [-0.2, 0) is 10.1 Å². The van der Waals surface area contributed by atoms with Gasteiger partial charge < -0.3 is 14.1 Å². The minimum Gasteiger partial charge on any atom is -0.744 e. The largest absolute Gasteiger partial charge is 0.744 e. The number of halogens is 1. The lowest BCUT2D eigenvalue weighted by molar-refractivity contribution is -0.926. The summed E-state index contributed by atoms with van der Waals surface area (Å²) in [6, 6.07) is 5.78. The van der Waals surface area contributed by atoms with Crippen molar-refractivity contribution < 1.29 is 22.6 Å². The van der Waals surface area contributed by atoms with Gasteiger partial charge in [-0.05, 0) is 67.4 Å². The predicted octanol–water partition coefficient (Wildman–Crippen LogP) is 5.01. The number of piperidine rings is 1. The summed E-state index contributed by atoms with van der Waals surface area (Å²) in [5.74, 6) is 3.32. The van der Waals surface area contributed by atoms with Crippen molar-refractivity contribution >= 4 is 32.7 Å². The first-order chi connectivity index (χ1) is 14.8. The molecule has 0 spiro atoms. The van der Waals surface area contributed by atoms with Gasteiger partial charge in [0.15, 0.2) is 0 Å². The number of quaternary nitrogens is 1. The molecule has 1 aromatic carbocycles. The van der Waals surface area contributed by atoms with E-state index in [4.69, 9.17) is 5.11 Å². The molecule has 0 saturated carbocycles. The van der Waals surface area contributed by atoms with E-state index in [0.29, 0.717) is 6.61 Å². The highest BCUT2D eigenvalue weighted by molar-refractivity contribution is 14.1. The zero-order valence-corrected chi connectivity index (χ0v) is 21.8. The second-order valence-electron chi connectivity index (χ2n) is 8.47. The van der Waals surface area contributed by atoms with Crippen molar-refractivity contribution in [3.8, 4) is 9.85 Å². The molecule has 0 radical (unpaired) electrons. The van der Waals surface area contributed by atoms with Crippen LogP contribution in [0, 0.1) is 16.8 Å². The molecule has 31 heavy (non-hydrogen) atoms. The van der Waals surface area contributed by atoms with Crippen molar-refractivity contribution in [3.05, 3.63) is 29.8 Å². The number of unbranched alkanes of at least 4 members (excludes halogenated alkanes) is 6.